The van der Waals surface area contributed by atoms with Crippen LogP contribution in [0.1, 0.15) is 11.1 Å². The fraction of sp³-hybridized carbons (Fsp3) is 0.0417. The van der Waals surface area contributed by atoms with E-state index in [1.54, 1.807) is 16.7 Å². The van der Waals surface area contributed by atoms with Crippen LogP contribution in [0.25, 0.3) is 22.6 Å². The maximum Gasteiger partial charge on any atom is 0.277 e. The van der Waals surface area contributed by atoms with Gasteiger partial charge in [-0.1, -0.05) is 66.2 Å². The Hall–Kier alpha value is -3.75. The fourth-order valence-corrected chi connectivity index (χ4v) is 3.70. The monoisotopic (exact) mass is 395 g/mol. The van der Waals surface area contributed by atoms with E-state index in [1.807, 2.05) is 79.7 Å². The van der Waals surface area contributed by atoms with Gasteiger partial charge in [0.2, 0.25) is 0 Å². The van der Waals surface area contributed by atoms with Crippen LogP contribution in [-0.4, -0.2) is 9.13 Å². The molecule has 1 heterocycles. The van der Waals surface area contributed by atoms with Crippen molar-refractivity contribution < 1.29 is 0 Å². The summed E-state index contributed by atoms with van der Waals surface area (Å²) in [6.45, 7) is 1.99. The van der Waals surface area contributed by atoms with Gasteiger partial charge in [-0.05, 0) is 43.4 Å². The van der Waals surface area contributed by atoms with Gasteiger partial charge in [0.25, 0.3) is 5.56 Å². The molecule has 0 radical (unpaired) electrons. The van der Waals surface area contributed by atoms with E-state index in [-0.39, 0.29) is 5.56 Å². The summed E-state index contributed by atoms with van der Waals surface area (Å²) in [6.07, 6.45) is 0. The zero-order chi connectivity index (χ0) is 20.4. The number of hydrogen-bond donors (Lipinski definition) is 0. The normalized spacial score (nSPS) is 10.5. The molecule has 0 unspecified atom stereocenters. The van der Waals surface area contributed by atoms with E-state index >= 15 is 0 Å². The van der Waals surface area contributed by atoms with Gasteiger partial charge in [-0.25, -0.2) is 0 Å². The highest BCUT2D eigenvalue weighted by atomic mass is 32.1. The second-order valence-electron chi connectivity index (χ2n) is 6.63. The maximum absolute atomic E-state index is 13.3. The van der Waals surface area contributed by atoms with Gasteiger partial charge < -0.3 is 0 Å². The molecule has 4 nitrogen and oxygen atoms in total. The minimum Gasteiger partial charge on any atom is -0.285 e. The van der Waals surface area contributed by atoms with Crippen LogP contribution in [0.4, 0.5) is 0 Å². The predicted molar refractivity (Wildman–Crippen MR) is 117 cm³/mol. The molecule has 0 spiro atoms. The lowest BCUT2D eigenvalue weighted by Gasteiger charge is -2.19. The van der Waals surface area contributed by atoms with E-state index in [0.717, 1.165) is 16.8 Å². The minimum atomic E-state index is -0.425. The van der Waals surface area contributed by atoms with Crippen LogP contribution in [0.5, 0.6) is 0 Å². The molecule has 0 saturated carbocycles. The topological polar surface area (TPSA) is 50.7 Å². The highest BCUT2D eigenvalue weighted by molar-refractivity contribution is 7.71. The molecule has 140 valence electrons. The van der Waals surface area contributed by atoms with Crippen molar-refractivity contribution in [2.24, 2.45) is 0 Å². The Morgan fingerprint density at radius 1 is 0.793 bits per heavy atom. The largest absolute Gasteiger partial charge is 0.285 e. The third kappa shape index (κ3) is 3.31. The summed E-state index contributed by atoms with van der Waals surface area (Å²) in [6, 6.07) is 28.5. The molecule has 4 rings (SSSR count). The third-order valence-corrected chi connectivity index (χ3v) is 5.09. The molecule has 5 heteroatoms. The number of nitrogens with zero attached hydrogens (tertiary/aromatic N) is 3. The summed E-state index contributed by atoms with van der Waals surface area (Å²) in [5.74, 6) is 0. The zero-order valence-corrected chi connectivity index (χ0v) is 16.6. The number of hydrogen-bond acceptors (Lipinski definition) is 3. The standard InChI is InChI=1S/C24H17N3OS/c1-17-12-14-18(15-13-17)22-21(16-25)23(28)27(20-10-6-3-7-11-20)24(29)26(22)19-8-4-2-5-9-19/h2-15H,1H3. The molecule has 1 aromatic heterocycles. The number of aryl methyl sites for hydroxylation is 1. The average Bonchev–Trinajstić information content (AvgIpc) is 2.75. The van der Waals surface area contributed by atoms with Crippen LogP contribution in [0.2, 0.25) is 0 Å². The van der Waals surface area contributed by atoms with E-state index < -0.39 is 5.56 Å². The Morgan fingerprint density at radius 3 is 1.83 bits per heavy atom. The number of nitriles is 1. The van der Waals surface area contributed by atoms with Crippen LogP contribution in [0.15, 0.2) is 89.7 Å². The molecule has 0 fully saturated rings. The second kappa shape index (κ2) is 7.70. The summed E-state index contributed by atoms with van der Waals surface area (Å²) < 4.78 is 3.52. The Balaban J connectivity index is 2.19. The smallest absolute Gasteiger partial charge is 0.277 e. The lowest BCUT2D eigenvalue weighted by atomic mass is 10.0. The highest BCUT2D eigenvalue weighted by Crippen LogP contribution is 2.27. The Morgan fingerprint density at radius 2 is 1.31 bits per heavy atom. The lowest BCUT2D eigenvalue weighted by molar-refractivity contribution is 0.840. The first-order chi connectivity index (χ1) is 14.1. The molecule has 0 saturated heterocycles. The van der Waals surface area contributed by atoms with Crippen molar-refractivity contribution in [1.82, 2.24) is 9.13 Å². The van der Waals surface area contributed by atoms with Gasteiger partial charge in [-0.15, -0.1) is 0 Å². The van der Waals surface area contributed by atoms with E-state index in [2.05, 4.69) is 6.07 Å². The molecule has 0 N–H and O–H groups in total. The van der Waals surface area contributed by atoms with Gasteiger partial charge in [0, 0.05) is 11.3 Å². The van der Waals surface area contributed by atoms with Crippen LogP contribution in [0, 0.1) is 23.0 Å². The van der Waals surface area contributed by atoms with Gasteiger partial charge in [0.05, 0.1) is 11.4 Å². The second-order valence-corrected chi connectivity index (χ2v) is 7.00. The lowest BCUT2D eigenvalue weighted by Crippen LogP contribution is -2.27. The van der Waals surface area contributed by atoms with Crippen molar-refractivity contribution in [3.63, 3.8) is 0 Å². The summed E-state index contributed by atoms with van der Waals surface area (Å²) in [5, 5.41) is 9.94. The van der Waals surface area contributed by atoms with Crippen molar-refractivity contribution >= 4 is 12.2 Å². The Labute approximate surface area is 173 Å². The quantitative estimate of drug-likeness (QED) is 0.448. The predicted octanol–water partition coefficient (Wildman–Crippen LogP) is 5.20. The molecule has 0 atom stereocenters. The fourth-order valence-electron chi connectivity index (χ4n) is 3.31. The van der Waals surface area contributed by atoms with E-state index in [9.17, 15) is 10.1 Å². The van der Waals surface area contributed by atoms with Crippen molar-refractivity contribution in [2.75, 3.05) is 0 Å². The van der Waals surface area contributed by atoms with Gasteiger partial charge in [-0.2, -0.15) is 5.26 Å². The zero-order valence-electron chi connectivity index (χ0n) is 15.7. The van der Waals surface area contributed by atoms with Gasteiger partial charge >= 0.3 is 0 Å². The third-order valence-electron chi connectivity index (χ3n) is 4.73. The number of para-hydroxylation sites is 2. The van der Waals surface area contributed by atoms with Crippen molar-refractivity contribution in [3.05, 3.63) is 111 Å². The summed E-state index contributed by atoms with van der Waals surface area (Å²) in [4.78, 5) is 13.3. The minimum absolute atomic E-state index is 0.0511. The van der Waals surface area contributed by atoms with Crippen molar-refractivity contribution in [3.8, 4) is 28.7 Å². The van der Waals surface area contributed by atoms with Crippen molar-refractivity contribution in [1.29, 1.82) is 5.26 Å². The molecular formula is C24H17N3OS. The molecule has 4 aromatic rings. The highest BCUT2D eigenvalue weighted by Gasteiger charge is 2.20. The maximum atomic E-state index is 13.3. The first kappa shape index (κ1) is 18.6. The molecule has 3 aromatic carbocycles. The molecule has 0 aliphatic rings. The van der Waals surface area contributed by atoms with E-state index in [1.165, 1.54) is 4.57 Å². The van der Waals surface area contributed by atoms with Crippen LogP contribution in [-0.2, 0) is 0 Å². The number of benzene rings is 3. The first-order valence-corrected chi connectivity index (χ1v) is 9.52. The molecule has 0 bridgehead atoms. The molecule has 29 heavy (non-hydrogen) atoms. The first-order valence-electron chi connectivity index (χ1n) is 9.12. The Kier molecular flexibility index (Phi) is 4.94. The van der Waals surface area contributed by atoms with Crippen molar-refractivity contribution in [2.45, 2.75) is 6.92 Å². The number of aromatic nitrogens is 2. The van der Waals surface area contributed by atoms with Gasteiger partial charge in [-0.3, -0.25) is 13.9 Å². The molecule has 0 aliphatic heterocycles. The van der Waals surface area contributed by atoms with Gasteiger partial charge in [0.15, 0.2) is 4.77 Å². The molecule has 0 amide bonds. The average molecular weight is 395 g/mol. The van der Waals surface area contributed by atoms with E-state index in [0.29, 0.717) is 16.2 Å². The Bertz CT molecular complexity index is 1330. The van der Waals surface area contributed by atoms with Gasteiger partial charge in [0.1, 0.15) is 11.6 Å². The van der Waals surface area contributed by atoms with E-state index in [4.69, 9.17) is 12.2 Å². The van der Waals surface area contributed by atoms with Crippen LogP contribution in [0.3, 0.4) is 0 Å². The van der Waals surface area contributed by atoms with Crippen LogP contribution < -0.4 is 5.56 Å². The summed E-state index contributed by atoms with van der Waals surface area (Å²) >= 11 is 5.78. The molecular weight excluding hydrogens is 378 g/mol. The summed E-state index contributed by atoms with van der Waals surface area (Å²) in [7, 11) is 0. The SMILES string of the molecule is Cc1ccc(-c2c(C#N)c(=O)n(-c3ccccc3)c(=S)n2-c2ccccc2)cc1. The number of rotatable bonds is 3. The molecule has 0 aliphatic carbocycles. The summed E-state index contributed by atoms with van der Waals surface area (Å²) in [5.41, 5.74) is 3.39. The van der Waals surface area contributed by atoms with Crippen LogP contribution >= 0.6 is 12.2 Å².